The molecule has 150 valence electrons. The van der Waals surface area contributed by atoms with E-state index in [-0.39, 0.29) is 16.3 Å². The summed E-state index contributed by atoms with van der Waals surface area (Å²) in [6, 6.07) is 14.3. The lowest BCUT2D eigenvalue weighted by Gasteiger charge is -2.17. The number of thiocarbonyl (C=S) groups is 1. The van der Waals surface area contributed by atoms with E-state index in [4.69, 9.17) is 12.2 Å². The summed E-state index contributed by atoms with van der Waals surface area (Å²) in [7, 11) is -3.55. The first kappa shape index (κ1) is 20.9. The average Bonchev–Trinajstić information content (AvgIpc) is 3.23. The van der Waals surface area contributed by atoms with E-state index < -0.39 is 10.0 Å². The smallest absolute Gasteiger partial charge is 0.243 e. The Morgan fingerprint density at radius 1 is 1.14 bits per heavy atom. The van der Waals surface area contributed by atoms with Gasteiger partial charge in [-0.05, 0) is 55.4 Å². The summed E-state index contributed by atoms with van der Waals surface area (Å²) in [6.45, 7) is 1.70. The van der Waals surface area contributed by atoms with E-state index in [0.29, 0.717) is 24.7 Å². The zero-order valence-electron chi connectivity index (χ0n) is 15.3. The average molecular weight is 438 g/mol. The van der Waals surface area contributed by atoms with Crippen molar-refractivity contribution in [3.63, 3.8) is 0 Å². The standard InChI is InChI=1S/C19H23N3O3S3/c23-18-9-8-16(28(24,25)22-11-4-5-12-22)14-17(18)21-19(26)20-10-13-27-15-6-2-1-3-7-15/h1-3,6-9,14,23H,4-5,10-13H2,(H2,20,21,26). The molecule has 9 heteroatoms. The van der Waals surface area contributed by atoms with E-state index in [0.717, 1.165) is 18.6 Å². The van der Waals surface area contributed by atoms with Crippen molar-refractivity contribution in [3.8, 4) is 5.75 Å². The number of phenols is 1. The summed E-state index contributed by atoms with van der Waals surface area (Å²) in [6.07, 6.45) is 1.74. The van der Waals surface area contributed by atoms with Crippen molar-refractivity contribution in [2.45, 2.75) is 22.6 Å². The number of thioether (sulfide) groups is 1. The predicted molar refractivity (Wildman–Crippen MR) is 117 cm³/mol. The molecule has 1 aliphatic heterocycles. The third-order valence-electron chi connectivity index (χ3n) is 4.32. The Balaban J connectivity index is 1.56. The molecule has 0 bridgehead atoms. The fourth-order valence-corrected chi connectivity index (χ4v) is 5.42. The first-order chi connectivity index (χ1) is 13.5. The maximum Gasteiger partial charge on any atom is 0.243 e. The molecule has 6 nitrogen and oxygen atoms in total. The van der Waals surface area contributed by atoms with Gasteiger partial charge >= 0.3 is 0 Å². The normalized spacial score (nSPS) is 14.7. The van der Waals surface area contributed by atoms with Crippen LogP contribution in [0.15, 0.2) is 58.3 Å². The molecule has 0 saturated carbocycles. The summed E-state index contributed by atoms with van der Waals surface area (Å²) in [5.41, 5.74) is 0.272. The minimum Gasteiger partial charge on any atom is -0.506 e. The number of rotatable bonds is 7. The van der Waals surface area contributed by atoms with Crippen molar-refractivity contribution in [1.29, 1.82) is 0 Å². The molecule has 0 radical (unpaired) electrons. The molecule has 0 atom stereocenters. The monoisotopic (exact) mass is 437 g/mol. The fourth-order valence-electron chi connectivity index (χ4n) is 2.87. The number of hydrogen-bond donors (Lipinski definition) is 3. The van der Waals surface area contributed by atoms with Crippen LogP contribution in [-0.2, 0) is 10.0 Å². The molecule has 1 aliphatic rings. The van der Waals surface area contributed by atoms with Gasteiger partial charge in [-0.1, -0.05) is 18.2 Å². The number of sulfonamides is 1. The van der Waals surface area contributed by atoms with Gasteiger partial charge in [-0.2, -0.15) is 4.31 Å². The van der Waals surface area contributed by atoms with E-state index in [1.807, 2.05) is 30.3 Å². The van der Waals surface area contributed by atoms with Crippen LogP contribution in [0.4, 0.5) is 5.69 Å². The van der Waals surface area contributed by atoms with Crippen LogP contribution in [0.3, 0.4) is 0 Å². The Kier molecular flexibility index (Phi) is 7.17. The number of aromatic hydroxyl groups is 1. The number of nitrogens with zero attached hydrogens (tertiary/aromatic N) is 1. The van der Waals surface area contributed by atoms with Crippen LogP contribution in [0.2, 0.25) is 0 Å². The molecule has 0 amide bonds. The molecule has 1 saturated heterocycles. The summed E-state index contributed by atoms with van der Waals surface area (Å²) in [5.74, 6) is 0.768. The van der Waals surface area contributed by atoms with Crippen LogP contribution in [-0.4, -0.2) is 48.3 Å². The van der Waals surface area contributed by atoms with Gasteiger partial charge in [0.1, 0.15) is 5.75 Å². The lowest BCUT2D eigenvalue weighted by molar-refractivity contribution is 0.473. The minimum atomic E-state index is -3.55. The molecule has 1 fully saturated rings. The molecule has 0 aromatic heterocycles. The molecule has 0 spiro atoms. The first-order valence-electron chi connectivity index (χ1n) is 9.03. The molecular weight excluding hydrogens is 414 g/mol. The lowest BCUT2D eigenvalue weighted by atomic mass is 10.3. The van der Waals surface area contributed by atoms with Gasteiger partial charge in [0.05, 0.1) is 10.6 Å². The second-order valence-corrected chi connectivity index (χ2v) is 9.85. The lowest BCUT2D eigenvalue weighted by Crippen LogP contribution is -2.30. The SMILES string of the molecule is O=S(=O)(c1ccc(O)c(NC(=S)NCCSc2ccccc2)c1)N1CCCC1. The second-order valence-electron chi connectivity index (χ2n) is 6.33. The van der Waals surface area contributed by atoms with Gasteiger partial charge in [-0.25, -0.2) is 8.42 Å². The van der Waals surface area contributed by atoms with E-state index in [1.165, 1.54) is 27.4 Å². The molecule has 0 unspecified atom stereocenters. The first-order valence-corrected chi connectivity index (χ1v) is 11.9. The molecular formula is C19H23N3O3S3. The van der Waals surface area contributed by atoms with Crippen LogP contribution in [0.1, 0.15) is 12.8 Å². The highest BCUT2D eigenvalue weighted by Crippen LogP contribution is 2.29. The van der Waals surface area contributed by atoms with Crippen LogP contribution < -0.4 is 10.6 Å². The topological polar surface area (TPSA) is 81.7 Å². The minimum absolute atomic E-state index is 0.0526. The fraction of sp³-hybridized carbons (Fsp3) is 0.316. The predicted octanol–water partition coefficient (Wildman–Crippen LogP) is 3.26. The summed E-state index contributed by atoms with van der Waals surface area (Å²) < 4.78 is 26.9. The van der Waals surface area contributed by atoms with Crippen molar-refractivity contribution in [3.05, 3.63) is 48.5 Å². The summed E-state index contributed by atoms with van der Waals surface area (Å²) in [5, 5.41) is 16.4. The summed E-state index contributed by atoms with van der Waals surface area (Å²) in [4.78, 5) is 1.33. The third-order valence-corrected chi connectivity index (χ3v) is 7.47. The Morgan fingerprint density at radius 2 is 1.86 bits per heavy atom. The number of benzene rings is 2. The van der Waals surface area contributed by atoms with Gasteiger partial charge in [0.15, 0.2) is 5.11 Å². The molecule has 2 aromatic rings. The highest BCUT2D eigenvalue weighted by molar-refractivity contribution is 7.99. The van der Waals surface area contributed by atoms with Crippen LogP contribution >= 0.6 is 24.0 Å². The van der Waals surface area contributed by atoms with E-state index in [1.54, 1.807) is 11.8 Å². The molecule has 28 heavy (non-hydrogen) atoms. The molecule has 1 heterocycles. The highest BCUT2D eigenvalue weighted by atomic mass is 32.2. The van der Waals surface area contributed by atoms with Gasteiger partial charge in [0, 0.05) is 30.3 Å². The Labute approximate surface area is 175 Å². The largest absolute Gasteiger partial charge is 0.506 e. The zero-order chi connectivity index (χ0) is 20.0. The summed E-state index contributed by atoms with van der Waals surface area (Å²) >= 11 is 6.97. The van der Waals surface area contributed by atoms with E-state index in [9.17, 15) is 13.5 Å². The van der Waals surface area contributed by atoms with Crippen LogP contribution in [0.25, 0.3) is 0 Å². The van der Waals surface area contributed by atoms with Gasteiger partial charge in [0.25, 0.3) is 0 Å². The van der Waals surface area contributed by atoms with Gasteiger partial charge in [0.2, 0.25) is 10.0 Å². The number of nitrogens with one attached hydrogen (secondary N) is 2. The molecule has 0 aliphatic carbocycles. The zero-order valence-corrected chi connectivity index (χ0v) is 17.7. The number of phenolic OH excluding ortho intramolecular Hbond substituents is 1. The highest BCUT2D eigenvalue weighted by Gasteiger charge is 2.27. The number of hydrogen-bond acceptors (Lipinski definition) is 5. The Morgan fingerprint density at radius 3 is 2.57 bits per heavy atom. The molecule has 3 N–H and O–H groups in total. The van der Waals surface area contributed by atoms with Crippen LogP contribution in [0.5, 0.6) is 5.75 Å². The van der Waals surface area contributed by atoms with Gasteiger partial charge in [-0.15, -0.1) is 11.8 Å². The number of anilines is 1. The van der Waals surface area contributed by atoms with Gasteiger partial charge < -0.3 is 15.7 Å². The molecule has 3 rings (SSSR count). The van der Waals surface area contributed by atoms with Gasteiger partial charge in [-0.3, -0.25) is 0 Å². The Hall–Kier alpha value is -1.81. The third kappa shape index (κ3) is 5.38. The second kappa shape index (κ2) is 9.60. The van der Waals surface area contributed by atoms with Crippen molar-refractivity contribution >= 4 is 44.8 Å². The van der Waals surface area contributed by atoms with Crippen LogP contribution in [0, 0.1) is 0 Å². The van der Waals surface area contributed by atoms with Crippen molar-refractivity contribution < 1.29 is 13.5 Å². The maximum atomic E-state index is 12.7. The van der Waals surface area contributed by atoms with E-state index in [2.05, 4.69) is 10.6 Å². The van der Waals surface area contributed by atoms with Crippen molar-refractivity contribution in [1.82, 2.24) is 9.62 Å². The maximum absolute atomic E-state index is 12.7. The molecule has 2 aromatic carbocycles. The van der Waals surface area contributed by atoms with Crippen molar-refractivity contribution in [2.75, 3.05) is 30.7 Å². The van der Waals surface area contributed by atoms with E-state index >= 15 is 0 Å². The Bertz CT molecular complexity index is 915. The van der Waals surface area contributed by atoms with Crippen molar-refractivity contribution in [2.24, 2.45) is 0 Å². The quantitative estimate of drug-likeness (QED) is 0.265.